The SMILES string of the molecule is Cc1cc(C)nc(Sc2ccc(CNC3CC3)c(Cl)c2)n1. The van der Waals surface area contributed by atoms with Crippen LogP contribution >= 0.6 is 23.4 Å². The molecule has 1 fully saturated rings. The summed E-state index contributed by atoms with van der Waals surface area (Å²) in [6, 6.07) is 8.84. The average Bonchev–Trinajstić information content (AvgIpc) is 3.20. The highest BCUT2D eigenvalue weighted by molar-refractivity contribution is 7.99. The number of aromatic nitrogens is 2. The number of aryl methyl sites for hydroxylation is 2. The fourth-order valence-corrected chi connectivity index (χ4v) is 3.34. The minimum absolute atomic E-state index is 0.693. The highest BCUT2D eigenvalue weighted by Crippen LogP contribution is 2.29. The number of hydrogen-bond donors (Lipinski definition) is 1. The molecule has 1 saturated carbocycles. The zero-order valence-corrected chi connectivity index (χ0v) is 13.8. The molecule has 0 radical (unpaired) electrons. The lowest BCUT2D eigenvalue weighted by molar-refractivity contribution is 0.687. The van der Waals surface area contributed by atoms with Crippen LogP contribution in [0.3, 0.4) is 0 Å². The van der Waals surface area contributed by atoms with E-state index in [-0.39, 0.29) is 0 Å². The smallest absolute Gasteiger partial charge is 0.192 e. The van der Waals surface area contributed by atoms with E-state index in [2.05, 4.69) is 27.4 Å². The van der Waals surface area contributed by atoms with E-state index in [1.807, 2.05) is 26.0 Å². The molecule has 21 heavy (non-hydrogen) atoms. The van der Waals surface area contributed by atoms with Gasteiger partial charge in [-0.1, -0.05) is 17.7 Å². The minimum Gasteiger partial charge on any atom is -0.310 e. The summed E-state index contributed by atoms with van der Waals surface area (Å²) in [6.07, 6.45) is 2.57. The van der Waals surface area contributed by atoms with Gasteiger partial charge in [0.05, 0.1) is 0 Å². The maximum atomic E-state index is 6.37. The first-order chi connectivity index (χ1) is 10.1. The molecular formula is C16H18ClN3S. The molecule has 0 spiro atoms. The van der Waals surface area contributed by atoms with Crippen molar-refractivity contribution in [1.29, 1.82) is 0 Å². The van der Waals surface area contributed by atoms with Crippen molar-refractivity contribution in [2.24, 2.45) is 0 Å². The van der Waals surface area contributed by atoms with Gasteiger partial charge >= 0.3 is 0 Å². The van der Waals surface area contributed by atoms with Gasteiger partial charge in [0.15, 0.2) is 5.16 Å². The lowest BCUT2D eigenvalue weighted by Crippen LogP contribution is -2.15. The van der Waals surface area contributed by atoms with Crippen molar-refractivity contribution >= 4 is 23.4 Å². The molecule has 2 aromatic rings. The van der Waals surface area contributed by atoms with Gasteiger partial charge in [-0.25, -0.2) is 9.97 Å². The highest BCUT2D eigenvalue weighted by atomic mass is 35.5. The molecule has 0 saturated heterocycles. The van der Waals surface area contributed by atoms with Crippen molar-refractivity contribution in [3.05, 3.63) is 46.2 Å². The molecular weight excluding hydrogens is 302 g/mol. The lowest BCUT2D eigenvalue weighted by atomic mass is 10.2. The summed E-state index contributed by atoms with van der Waals surface area (Å²) in [5.41, 5.74) is 3.12. The van der Waals surface area contributed by atoms with E-state index in [0.29, 0.717) is 6.04 Å². The van der Waals surface area contributed by atoms with E-state index < -0.39 is 0 Å². The van der Waals surface area contributed by atoms with Crippen LogP contribution in [0.5, 0.6) is 0 Å². The molecule has 1 aromatic heterocycles. The van der Waals surface area contributed by atoms with Crippen molar-refractivity contribution in [3.8, 4) is 0 Å². The highest BCUT2D eigenvalue weighted by Gasteiger charge is 2.20. The summed E-state index contributed by atoms with van der Waals surface area (Å²) < 4.78 is 0. The normalized spacial score (nSPS) is 14.4. The Labute approximate surface area is 134 Å². The standard InChI is InChI=1S/C16H18ClN3S/c1-10-7-11(2)20-16(19-10)21-14-6-3-12(15(17)8-14)9-18-13-4-5-13/h3,6-8,13,18H,4-5,9H2,1-2H3. The van der Waals surface area contributed by atoms with Gasteiger partial charge in [0, 0.05) is 33.9 Å². The van der Waals surface area contributed by atoms with Crippen molar-refractivity contribution in [3.63, 3.8) is 0 Å². The van der Waals surface area contributed by atoms with Gasteiger partial charge in [0.2, 0.25) is 0 Å². The summed E-state index contributed by atoms with van der Waals surface area (Å²) >= 11 is 7.92. The van der Waals surface area contributed by atoms with Crippen LogP contribution in [0.1, 0.15) is 29.8 Å². The Balaban J connectivity index is 1.71. The van der Waals surface area contributed by atoms with Crippen molar-refractivity contribution < 1.29 is 0 Å². The Morgan fingerprint density at radius 2 is 1.90 bits per heavy atom. The second-order valence-corrected chi connectivity index (χ2v) is 6.89. The molecule has 0 amide bonds. The third kappa shape index (κ3) is 4.19. The van der Waals surface area contributed by atoms with Crippen LogP contribution in [-0.2, 0) is 6.54 Å². The molecule has 1 aromatic carbocycles. The van der Waals surface area contributed by atoms with Gasteiger partial charge in [-0.2, -0.15) is 0 Å². The second-order valence-electron chi connectivity index (χ2n) is 5.44. The average molecular weight is 320 g/mol. The molecule has 1 aliphatic rings. The third-order valence-corrected chi connectivity index (χ3v) is 4.56. The monoisotopic (exact) mass is 319 g/mol. The minimum atomic E-state index is 0.693. The Hall–Kier alpha value is -1.10. The summed E-state index contributed by atoms with van der Waals surface area (Å²) in [5.74, 6) is 0. The molecule has 110 valence electrons. The largest absolute Gasteiger partial charge is 0.310 e. The van der Waals surface area contributed by atoms with Crippen LogP contribution in [0.15, 0.2) is 34.3 Å². The van der Waals surface area contributed by atoms with Crippen molar-refractivity contribution in [2.75, 3.05) is 0 Å². The molecule has 1 heterocycles. The summed E-state index contributed by atoms with van der Waals surface area (Å²) in [6.45, 7) is 4.81. The molecule has 3 rings (SSSR count). The molecule has 5 heteroatoms. The van der Waals surface area contributed by atoms with Crippen molar-refractivity contribution in [1.82, 2.24) is 15.3 Å². The molecule has 3 nitrogen and oxygen atoms in total. The van der Waals surface area contributed by atoms with Gasteiger partial charge in [-0.15, -0.1) is 0 Å². The van der Waals surface area contributed by atoms with E-state index in [4.69, 9.17) is 11.6 Å². The molecule has 0 atom stereocenters. The van der Waals surface area contributed by atoms with Gasteiger partial charge in [0.1, 0.15) is 0 Å². The predicted molar refractivity (Wildman–Crippen MR) is 86.9 cm³/mol. The van der Waals surface area contributed by atoms with Gasteiger partial charge in [-0.05, 0) is 62.2 Å². The first-order valence-corrected chi connectivity index (χ1v) is 8.31. The topological polar surface area (TPSA) is 37.8 Å². The number of benzene rings is 1. The fourth-order valence-electron chi connectivity index (χ4n) is 2.12. The Morgan fingerprint density at radius 1 is 1.19 bits per heavy atom. The van der Waals surface area contributed by atoms with Gasteiger partial charge in [-0.3, -0.25) is 0 Å². The molecule has 1 aliphatic carbocycles. The number of rotatable bonds is 5. The van der Waals surface area contributed by atoms with Crippen LogP contribution < -0.4 is 5.32 Å². The number of halogens is 1. The molecule has 0 bridgehead atoms. The Kier molecular flexibility index (Phi) is 4.48. The van der Waals surface area contributed by atoms with E-state index in [1.165, 1.54) is 12.8 Å². The first kappa shape index (κ1) is 14.8. The van der Waals surface area contributed by atoms with Crippen LogP contribution in [0.2, 0.25) is 5.02 Å². The van der Waals surface area contributed by atoms with E-state index in [9.17, 15) is 0 Å². The molecule has 0 aliphatic heterocycles. The predicted octanol–water partition coefficient (Wildman–Crippen LogP) is 4.15. The maximum absolute atomic E-state index is 6.37. The van der Waals surface area contributed by atoms with Gasteiger partial charge in [0.25, 0.3) is 0 Å². The van der Waals surface area contributed by atoms with E-state index in [0.717, 1.165) is 38.6 Å². The molecule has 0 unspecified atom stereocenters. The molecule has 1 N–H and O–H groups in total. The Morgan fingerprint density at radius 3 is 2.52 bits per heavy atom. The quantitative estimate of drug-likeness (QED) is 0.840. The zero-order valence-electron chi connectivity index (χ0n) is 12.2. The van der Waals surface area contributed by atoms with E-state index >= 15 is 0 Å². The fraction of sp³-hybridized carbons (Fsp3) is 0.375. The summed E-state index contributed by atoms with van der Waals surface area (Å²) in [4.78, 5) is 9.96. The van der Waals surface area contributed by atoms with Crippen molar-refractivity contribution in [2.45, 2.75) is 49.3 Å². The zero-order chi connectivity index (χ0) is 14.8. The van der Waals surface area contributed by atoms with Crippen LogP contribution in [0.4, 0.5) is 0 Å². The first-order valence-electron chi connectivity index (χ1n) is 7.12. The maximum Gasteiger partial charge on any atom is 0.192 e. The second kappa shape index (κ2) is 6.34. The number of nitrogens with zero attached hydrogens (tertiary/aromatic N) is 2. The summed E-state index contributed by atoms with van der Waals surface area (Å²) in [7, 11) is 0. The van der Waals surface area contributed by atoms with Crippen LogP contribution in [0.25, 0.3) is 0 Å². The van der Waals surface area contributed by atoms with E-state index in [1.54, 1.807) is 11.8 Å². The van der Waals surface area contributed by atoms with Crippen LogP contribution in [-0.4, -0.2) is 16.0 Å². The lowest BCUT2D eigenvalue weighted by Gasteiger charge is -2.08. The Bertz CT molecular complexity index is 636. The van der Waals surface area contributed by atoms with Crippen LogP contribution in [0, 0.1) is 13.8 Å². The van der Waals surface area contributed by atoms with Gasteiger partial charge < -0.3 is 5.32 Å². The third-order valence-electron chi connectivity index (χ3n) is 3.35. The number of nitrogens with one attached hydrogen (secondary N) is 1. The summed E-state index contributed by atoms with van der Waals surface area (Å²) in [5, 5.41) is 5.06. The number of hydrogen-bond acceptors (Lipinski definition) is 4.